The molecule has 5 heteroatoms. The molecular weight excluding hydrogens is 683 g/mol. The number of fused-ring (bicyclic) bond motifs is 3. The van der Waals surface area contributed by atoms with E-state index in [1.54, 1.807) is 0 Å². The summed E-state index contributed by atoms with van der Waals surface area (Å²) in [6.07, 6.45) is 0. The van der Waals surface area contributed by atoms with Crippen LogP contribution in [0.3, 0.4) is 0 Å². The second-order valence-electron chi connectivity index (χ2n) is 13.7. The fourth-order valence-electron chi connectivity index (χ4n) is 7.62. The number of aromatic nitrogens is 4. The quantitative estimate of drug-likeness (QED) is 0.157. The topological polar surface area (TPSA) is 46.8 Å². The third-order valence-electron chi connectivity index (χ3n) is 10.3. The smallest absolute Gasteiger partial charge is 0.238 e. The van der Waals surface area contributed by atoms with Crippen LogP contribution in [-0.4, -0.2) is 19.5 Å². The van der Waals surface area contributed by atoms with E-state index < -0.39 is 0 Å². The molecule has 0 atom stereocenters. The predicted molar refractivity (Wildman–Crippen MR) is 231 cm³/mol. The summed E-state index contributed by atoms with van der Waals surface area (Å²) < 4.78 is 2.18. The first-order valence-electron chi connectivity index (χ1n) is 18.8. The fraction of sp³-hybridized carbons (Fsp3) is 0. The monoisotopic (exact) mass is 717 g/mol. The Morgan fingerprint density at radius 3 is 1.50 bits per heavy atom. The standard InChI is InChI=1S/C51H35N5/c1-5-17-36(18-6-1)39-31-34-48-46(35-39)44-26-15-16-28-47(44)56(48)51-53-49(38-19-7-2-8-20-38)52-50(54-51)45-27-14-13-25-43(45)37-29-32-42(33-30-37)55(40-21-9-3-10-22-40)41-23-11-4-12-24-41/h1-35H. The molecule has 10 aromatic rings. The highest BCUT2D eigenvalue weighted by Crippen LogP contribution is 2.39. The van der Waals surface area contributed by atoms with Gasteiger partial charge in [0.05, 0.1) is 11.0 Å². The van der Waals surface area contributed by atoms with E-state index in [0.717, 1.165) is 66.7 Å². The SMILES string of the molecule is c1ccc(-c2ccc3c(c2)c2ccccc2n3-c2nc(-c3ccccc3)nc(-c3ccccc3-c3ccc(N(c4ccccc4)c4ccccc4)cc3)n2)cc1. The lowest BCUT2D eigenvalue weighted by Crippen LogP contribution is -2.09. The van der Waals surface area contributed by atoms with Crippen LogP contribution < -0.4 is 4.90 Å². The van der Waals surface area contributed by atoms with E-state index in [-0.39, 0.29) is 0 Å². The lowest BCUT2D eigenvalue weighted by atomic mass is 9.98. The summed E-state index contributed by atoms with van der Waals surface area (Å²) in [5.74, 6) is 1.79. The summed E-state index contributed by atoms with van der Waals surface area (Å²) in [5.41, 5.74) is 11.6. The average molecular weight is 718 g/mol. The summed E-state index contributed by atoms with van der Waals surface area (Å²) in [4.78, 5) is 17.9. The molecule has 0 N–H and O–H groups in total. The van der Waals surface area contributed by atoms with Crippen LogP contribution in [0.25, 0.3) is 72.8 Å². The van der Waals surface area contributed by atoms with Crippen molar-refractivity contribution in [2.24, 2.45) is 0 Å². The highest BCUT2D eigenvalue weighted by atomic mass is 15.2. The molecule has 0 radical (unpaired) electrons. The molecule has 0 saturated carbocycles. The Balaban J connectivity index is 1.12. The minimum atomic E-state index is 0.569. The number of hydrogen-bond acceptors (Lipinski definition) is 4. The van der Waals surface area contributed by atoms with Crippen molar-refractivity contribution in [3.8, 4) is 51.0 Å². The van der Waals surface area contributed by atoms with Gasteiger partial charge in [-0.1, -0.05) is 158 Å². The van der Waals surface area contributed by atoms with E-state index in [1.165, 1.54) is 5.56 Å². The molecule has 2 aromatic heterocycles. The maximum absolute atomic E-state index is 5.30. The fourth-order valence-corrected chi connectivity index (χ4v) is 7.62. The molecule has 0 unspecified atom stereocenters. The molecule has 5 nitrogen and oxygen atoms in total. The molecule has 0 fully saturated rings. The summed E-state index contributed by atoms with van der Waals surface area (Å²) in [6, 6.07) is 73.9. The van der Waals surface area contributed by atoms with E-state index >= 15 is 0 Å². The van der Waals surface area contributed by atoms with E-state index in [1.807, 2.05) is 30.3 Å². The first kappa shape index (κ1) is 33.0. The minimum absolute atomic E-state index is 0.569. The highest BCUT2D eigenvalue weighted by Gasteiger charge is 2.20. The van der Waals surface area contributed by atoms with Crippen LogP contribution in [0.5, 0.6) is 0 Å². The molecular formula is C51H35N5. The Morgan fingerprint density at radius 1 is 0.321 bits per heavy atom. The zero-order valence-electron chi connectivity index (χ0n) is 30.4. The van der Waals surface area contributed by atoms with Crippen LogP contribution >= 0.6 is 0 Å². The van der Waals surface area contributed by atoms with Crippen molar-refractivity contribution in [2.45, 2.75) is 0 Å². The van der Waals surface area contributed by atoms with E-state index in [9.17, 15) is 0 Å². The van der Waals surface area contributed by atoms with Crippen molar-refractivity contribution in [1.82, 2.24) is 19.5 Å². The lowest BCUT2D eigenvalue weighted by molar-refractivity contribution is 0.953. The van der Waals surface area contributed by atoms with Crippen LogP contribution in [0, 0.1) is 0 Å². The molecule has 2 heterocycles. The van der Waals surface area contributed by atoms with Crippen molar-refractivity contribution in [3.63, 3.8) is 0 Å². The summed E-state index contributed by atoms with van der Waals surface area (Å²) in [5, 5.41) is 2.29. The van der Waals surface area contributed by atoms with E-state index in [0.29, 0.717) is 17.6 Å². The van der Waals surface area contributed by atoms with Gasteiger partial charge in [-0.05, 0) is 76.9 Å². The van der Waals surface area contributed by atoms with Gasteiger partial charge in [-0.3, -0.25) is 4.57 Å². The molecule has 0 aliphatic carbocycles. The molecule has 0 bridgehead atoms. The molecule has 0 saturated heterocycles. The molecule has 0 aliphatic rings. The van der Waals surface area contributed by atoms with E-state index in [4.69, 9.17) is 15.0 Å². The summed E-state index contributed by atoms with van der Waals surface area (Å²) >= 11 is 0. The number of para-hydroxylation sites is 3. The molecule has 0 spiro atoms. The zero-order chi connectivity index (χ0) is 37.3. The van der Waals surface area contributed by atoms with Gasteiger partial charge in [-0.2, -0.15) is 9.97 Å². The van der Waals surface area contributed by atoms with Gasteiger partial charge in [0, 0.05) is 39.0 Å². The maximum Gasteiger partial charge on any atom is 0.238 e. The van der Waals surface area contributed by atoms with Crippen molar-refractivity contribution in [1.29, 1.82) is 0 Å². The third-order valence-corrected chi connectivity index (χ3v) is 10.3. The van der Waals surface area contributed by atoms with Crippen LogP contribution in [0.15, 0.2) is 212 Å². The third kappa shape index (κ3) is 6.07. The first-order chi connectivity index (χ1) is 27.8. The lowest BCUT2D eigenvalue weighted by Gasteiger charge is -2.25. The normalized spacial score (nSPS) is 11.2. The van der Waals surface area contributed by atoms with Gasteiger partial charge in [0.1, 0.15) is 0 Å². The highest BCUT2D eigenvalue weighted by molar-refractivity contribution is 6.10. The van der Waals surface area contributed by atoms with Crippen molar-refractivity contribution in [3.05, 3.63) is 212 Å². The molecule has 56 heavy (non-hydrogen) atoms. The van der Waals surface area contributed by atoms with Crippen molar-refractivity contribution >= 4 is 38.9 Å². The predicted octanol–water partition coefficient (Wildman–Crippen LogP) is 13.1. The van der Waals surface area contributed by atoms with E-state index in [2.05, 4.69) is 191 Å². The van der Waals surface area contributed by atoms with Gasteiger partial charge in [0.2, 0.25) is 5.95 Å². The Kier molecular flexibility index (Phi) is 8.43. The Hall–Kier alpha value is -7.63. The van der Waals surface area contributed by atoms with Crippen LogP contribution in [0.4, 0.5) is 17.1 Å². The molecule has 10 rings (SSSR count). The number of hydrogen-bond donors (Lipinski definition) is 0. The second-order valence-corrected chi connectivity index (χ2v) is 13.7. The van der Waals surface area contributed by atoms with Crippen molar-refractivity contribution in [2.75, 3.05) is 4.90 Å². The van der Waals surface area contributed by atoms with Gasteiger partial charge in [0.25, 0.3) is 0 Å². The van der Waals surface area contributed by atoms with Crippen molar-refractivity contribution < 1.29 is 0 Å². The zero-order valence-corrected chi connectivity index (χ0v) is 30.4. The number of benzene rings is 8. The Morgan fingerprint density at radius 2 is 0.821 bits per heavy atom. The van der Waals surface area contributed by atoms with Gasteiger partial charge in [-0.25, -0.2) is 4.98 Å². The minimum Gasteiger partial charge on any atom is -0.311 e. The Bertz CT molecular complexity index is 2900. The van der Waals surface area contributed by atoms with Crippen LogP contribution in [-0.2, 0) is 0 Å². The Labute approximate surface area is 325 Å². The number of anilines is 3. The first-order valence-corrected chi connectivity index (χ1v) is 18.8. The van der Waals surface area contributed by atoms with Gasteiger partial charge in [-0.15, -0.1) is 0 Å². The number of rotatable bonds is 8. The van der Waals surface area contributed by atoms with Gasteiger partial charge < -0.3 is 4.90 Å². The van der Waals surface area contributed by atoms with Crippen LogP contribution in [0.1, 0.15) is 0 Å². The molecule has 264 valence electrons. The largest absolute Gasteiger partial charge is 0.311 e. The van der Waals surface area contributed by atoms with Crippen LogP contribution in [0.2, 0.25) is 0 Å². The molecule has 0 amide bonds. The molecule has 8 aromatic carbocycles. The number of nitrogens with zero attached hydrogens (tertiary/aromatic N) is 5. The maximum atomic E-state index is 5.30. The molecule has 0 aliphatic heterocycles. The summed E-state index contributed by atoms with van der Waals surface area (Å²) in [7, 11) is 0. The van der Waals surface area contributed by atoms with Gasteiger partial charge >= 0.3 is 0 Å². The van der Waals surface area contributed by atoms with Gasteiger partial charge in [0.15, 0.2) is 11.6 Å². The second kappa shape index (κ2) is 14.3. The average Bonchev–Trinajstić information content (AvgIpc) is 3.62. The summed E-state index contributed by atoms with van der Waals surface area (Å²) in [6.45, 7) is 0.